The van der Waals surface area contributed by atoms with Crippen molar-refractivity contribution in [3.63, 3.8) is 0 Å². The van der Waals surface area contributed by atoms with Crippen molar-refractivity contribution in [3.05, 3.63) is 58.7 Å². The minimum absolute atomic E-state index is 0.257. The highest BCUT2D eigenvalue weighted by Crippen LogP contribution is 2.54. The van der Waals surface area contributed by atoms with Crippen LogP contribution in [0, 0.1) is 10.2 Å². The summed E-state index contributed by atoms with van der Waals surface area (Å²) < 4.78 is 49.8. The molecule has 1 heterocycles. The van der Waals surface area contributed by atoms with Crippen molar-refractivity contribution in [2.45, 2.75) is 6.92 Å². The van der Waals surface area contributed by atoms with Crippen LogP contribution >= 0.6 is 10.8 Å². The first-order valence-electron chi connectivity index (χ1n) is 8.10. The van der Waals surface area contributed by atoms with Gasteiger partial charge in [-0.25, -0.2) is 0 Å². The molecule has 1 unspecified atom stereocenters. The summed E-state index contributed by atoms with van der Waals surface area (Å²) >= 11 is 0. The Morgan fingerprint density at radius 1 is 0.893 bits per heavy atom. The molecule has 2 aromatic rings. The van der Waals surface area contributed by atoms with E-state index in [1.54, 1.807) is 43.3 Å². The van der Waals surface area contributed by atoms with Crippen LogP contribution in [0.2, 0.25) is 0 Å². The number of rotatable bonds is 4. The molecule has 0 saturated carbocycles. The molecule has 0 bridgehead atoms. The summed E-state index contributed by atoms with van der Waals surface area (Å²) in [4.78, 5) is 14.0. The average Bonchev–Trinajstić information content (AvgIpc) is 2.96. The summed E-state index contributed by atoms with van der Waals surface area (Å²) in [6, 6.07) is 10.2. The smallest absolute Gasteiger partial charge is 0.195 e. The predicted molar refractivity (Wildman–Crippen MR) is 95.6 cm³/mol. The van der Waals surface area contributed by atoms with Gasteiger partial charge in [0.25, 0.3) is 0 Å². The summed E-state index contributed by atoms with van der Waals surface area (Å²) in [6.45, 7) is 1.67. The maximum absolute atomic E-state index is 13.1. The highest BCUT2D eigenvalue weighted by Gasteiger charge is 2.42. The second-order valence-electron chi connectivity index (χ2n) is 6.10. The van der Waals surface area contributed by atoms with Gasteiger partial charge in [-0.2, -0.15) is 14.0 Å². The van der Waals surface area contributed by atoms with Gasteiger partial charge in [0.2, 0.25) is 0 Å². The molecular weight excluding hydrogens is 408 g/mol. The zero-order valence-electron chi connectivity index (χ0n) is 15.1. The van der Waals surface area contributed by atoms with E-state index in [1.807, 2.05) is 0 Å². The zero-order valence-corrected chi connectivity index (χ0v) is 16.7. The Morgan fingerprint density at radius 3 is 2.04 bits per heavy atom. The van der Waals surface area contributed by atoms with Crippen LogP contribution in [-0.4, -0.2) is 24.9 Å². The predicted octanol–water partition coefficient (Wildman–Crippen LogP) is 0.420. The Bertz CT molecular complexity index is 1080. The molecule has 9 heteroatoms. The molecule has 2 aromatic carbocycles. The van der Waals surface area contributed by atoms with E-state index in [9.17, 15) is 18.8 Å². The normalized spacial score (nSPS) is 18.0. The molecule has 0 amide bonds. The van der Waals surface area contributed by atoms with Gasteiger partial charge in [0.15, 0.2) is 17.3 Å². The lowest BCUT2D eigenvalue weighted by atomic mass is 9.94. The van der Waals surface area contributed by atoms with E-state index >= 15 is 0 Å². The number of benzene rings is 2. The van der Waals surface area contributed by atoms with E-state index < -0.39 is 21.0 Å². The van der Waals surface area contributed by atoms with Crippen LogP contribution in [0.3, 0.4) is 0 Å². The summed E-state index contributed by atoms with van der Waals surface area (Å²) in [5.74, 6) is 0.591. The Morgan fingerprint density at radius 2 is 1.46 bits per heavy atom. The minimum atomic E-state index is -4.70. The van der Waals surface area contributed by atoms with Crippen molar-refractivity contribution in [1.29, 1.82) is 0 Å². The first-order chi connectivity index (χ1) is 13.3. The third-order valence-corrected chi connectivity index (χ3v) is 7.34. The van der Waals surface area contributed by atoms with Crippen molar-refractivity contribution >= 4 is 31.9 Å². The second-order valence-corrected chi connectivity index (χ2v) is 8.92. The number of ether oxygens (including phenoxy) is 2. The van der Waals surface area contributed by atoms with Crippen molar-refractivity contribution in [2.75, 3.05) is 14.2 Å². The molecule has 0 saturated heterocycles. The van der Waals surface area contributed by atoms with Crippen molar-refractivity contribution in [3.8, 4) is 11.5 Å². The molecule has 0 aromatic heterocycles. The van der Waals surface area contributed by atoms with E-state index in [0.29, 0.717) is 49.1 Å². The summed E-state index contributed by atoms with van der Waals surface area (Å²) in [7, 11) is -3.30. The third-order valence-electron chi connectivity index (χ3n) is 4.65. The molecule has 0 radical (unpaired) electrons. The molecule has 1 aliphatic carbocycles. The molecule has 0 fully saturated rings. The number of hydrogen-bond acceptors (Lipinski definition) is 7. The number of halogens is 1. The van der Waals surface area contributed by atoms with E-state index in [-0.39, 0.29) is 5.78 Å². The summed E-state index contributed by atoms with van der Waals surface area (Å²) in [6.07, 6.45) is 0. The molecule has 2 aliphatic rings. The lowest BCUT2D eigenvalue weighted by molar-refractivity contribution is -1.91. The summed E-state index contributed by atoms with van der Waals surface area (Å²) in [5.41, 5.74) is 2.46. The monoisotopic (exact) mass is 422 g/mol. The molecule has 0 N–H and O–H groups in total. The van der Waals surface area contributed by atoms with Gasteiger partial charge in [-0.3, -0.25) is 4.79 Å². The van der Waals surface area contributed by atoms with E-state index in [2.05, 4.69) is 0 Å². The molecule has 28 heavy (non-hydrogen) atoms. The van der Waals surface area contributed by atoms with Gasteiger partial charge in [0.05, 0.1) is 29.4 Å². The lowest BCUT2D eigenvalue weighted by Gasteiger charge is -2.23. The van der Waals surface area contributed by atoms with Crippen LogP contribution in [0.5, 0.6) is 11.5 Å². The topological polar surface area (TPSA) is 114 Å². The SMILES string of the molecule is COc1cc2c(cc1OC)C(C)=S(O[Cl+3]([O-])([O-])[O-])C1=C2C(=O)c2ccccc21. The fourth-order valence-corrected chi connectivity index (χ4v) is 6.16. The third kappa shape index (κ3) is 2.86. The van der Waals surface area contributed by atoms with Gasteiger partial charge in [-0.15, -0.1) is 0 Å². The van der Waals surface area contributed by atoms with Crippen LogP contribution in [0.4, 0.5) is 0 Å². The number of allylic oxidation sites excluding steroid dienone is 1. The molecule has 146 valence electrons. The number of hydrogen-bond donors (Lipinski definition) is 0. The largest absolute Gasteiger partial charge is 0.493 e. The van der Waals surface area contributed by atoms with Crippen LogP contribution in [-0.2, 0) is 3.74 Å². The van der Waals surface area contributed by atoms with Crippen molar-refractivity contribution in [1.82, 2.24) is 0 Å². The maximum Gasteiger partial charge on any atom is 0.195 e. The Hall–Kier alpha value is -2.20. The van der Waals surface area contributed by atoms with Crippen molar-refractivity contribution < 1.29 is 42.2 Å². The molecule has 1 atom stereocenters. The van der Waals surface area contributed by atoms with Gasteiger partial charge in [-0.05, 0) is 30.2 Å². The Kier molecular flexibility index (Phi) is 4.58. The minimum Gasteiger partial charge on any atom is -0.493 e. The molecule has 7 nitrogen and oxygen atoms in total. The fourth-order valence-electron chi connectivity index (χ4n) is 3.47. The molecule has 4 rings (SSSR count). The van der Waals surface area contributed by atoms with Gasteiger partial charge in [0, 0.05) is 21.6 Å². The molecule has 1 aliphatic heterocycles. The van der Waals surface area contributed by atoms with E-state index in [1.165, 1.54) is 14.2 Å². The van der Waals surface area contributed by atoms with E-state index in [0.717, 1.165) is 0 Å². The van der Waals surface area contributed by atoms with E-state index in [4.69, 9.17) is 13.2 Å². The number of methoxy groups -OCH3 is 2. The lowest BCUT2D eigenvalue weighted by Crippen LogP contribution is -2.60. The number of carbonyl (C=O) groups excluding carboxylic acids is 1. The molecule has 0 spiro atoms. The van der Waals surface area contributed by atoms with Gasteiger partial charge in [-0.1, -0.05) is 24.3 Å². The van der Waals surface area contributed by atoms with Gasteiger partial charge in [0.1, 0.15) is 14.5 Å². The second kappa shape index (κ2) is 6.70. The fraction of sp³-hybridized carbons (Fsp3) is 0.158. The first-order valence-corrected chi connectivity index (χ1v) is 10.5. The highest BCUT2D eigenvalue weighted by atomic mass is 35.7. The zero-order chi connectivity index (χ0) is 20.2. The Balaban J connectivity index is 2.07. The standard InChI is InChI=1S/C19H15ClO7S/c1-10-13-8-15(25-2)16(26-3)9-14(13)17-18(21)11-6-4-5-7-12(11)19(17)28(10)27-20(22,23)24/h4-9H,1-3H3. The maximum atomic E-state index is 13.1. The van der Waals surface area contributed by atoms with Crippen LogP contribution in [0.25, 0.3) is 10.5 Å². The van der Waals surface area contributed by atoms with Crippen LogP contribution < -0.4 is 23.5 Å². The first kappa shape index (κ1) is 19.1. The van der Waals surface area contributed by atoms with Crippen LogP contribution in [0.15, 0.2) is 36.4 Å². The number of fused-ring (bicyclic) bond motifs is 4. The summed E-state index contributed by atoms with van der Waals surface area (Å²) in [5, 5.41) is 0. The van der Waals surface area contributed by atoms with Crippen molar-refractivity contribution in [2.24, 2.45) is 0 Å². The number of ketones is 1. The number of Topliss-reactive ketones (excluding diaryl/α,β-unsaturated/α-hetero) is 1. The Labute approximate surface area is 165 Å². The van der Waals surface area contributed by atoms with Gasteiger partial charge < -0.3 is 9.47 Å². The quantitative estimate of drug-likeness (QED) is 0.656. The average molecular weight is 423 g/mol. The van der Waals surface area contributed by atoms with Crippen LogP contribution in [0.1, 0.15) is 34.0 Å². The van der Waals surface area contributed by atoms with Gasteiger partial charge >= 0.3 is 0 Å². The number of carbonyl (C=O) groups is 1. The highest BCUT2D eigenvalue weighted by molar-refractivity contribution is 8.20. The molecular formula is C19H15ClO7S.